The number of benzene rings is 2. The van der Waals surface area contributed by atoms with Crippen LogP contribution in [0.2, 0.25) is 0 Å². The van der Waals surface area contributed by atoms with Gasteiger partial charge in [-0.25, -0.2) is 0 Å². The highest BCUT2D eigenvalue weighted by Crippen LogP contribution is 2.28. The van der Waals surface area contributed by atoms with Gasteiger partial charge in [-0.3, -0.25) is 25.7 Å². The Hall–Kier alpha value is -3.49. The number of non-ortho nitro benzene ring substituents is 1. The van der Waals surface area contributed by atoms with Crippen LogP contribution < -0.4 is 10.3 Å². The maximum Gasteiger partial charge on any atom is 0.301 e. The van der Waals surface area contributed by atoms with Crippen molar-refractivity contribution in [2.45, 2.75) is 52.4 Å². The number of nitrogens with zero attached hydrogens (tertiary/aromatic N) is 4. The van der Waals surface area contributed by atoms with Gasteiger partial charge in [-0.05, 0) is 36.6 Å². The lowest BCUT2D eigenvalue weighted by atomic mass is 10.1. The van der Waals surface area contributed by atoms with Gasteiger partial charge in [-0.2, -0.15) is 5.10 Å². The molecule has 9 heteroatoms. The Morgan fingerprint density at radius 1 is 0.906 bits per heavy atom. The lowest BCUT2D eigenvalue weighted by Gasteiger charge is -2.25. The maximum absolute atomic E-state index is 11.2. The Morgan fingerprint density at radius 2 is 1.53 bits per heavy atom. The SMILES string of the molecule is CCCCCN(CCCCC)c1ccc(/C=N/Nc2ccc([N+](=O)[O-])cc2[N+](=O)[O-])cc1. The van der Waals surface area contributed by atoms with Gasteiger partial charge in [0.2, 0.25) is 0 Å². The van der Waals surface area contributed by atoms with Crippen molar-refractivity contribution >= 4 is 29.0 Å². The van der Waals surface area contributed by atoms with Crippen LogP contribution in [0.5, 0.6) is 0 Å². The number of hydrogen-bond donors (Lipinski definition) is 1. The van der Waals surface area contributed by atoms with Crippen LogP contribution in [-0.2, 0) is 0 Å². The Balaban J connectivity index is 2.06. The molecule has 0 aliphatic heterocycles. The third kappa shape index (κ3) is 7.64. The van der Waals surface area contributed by atoms with Crippen LogP contribution in [0.4, 0.5) is 22.7 Å². The molecule has 2 aromatic carbocycles. The summed E-state index contributed by atoms with van der Waals surface area (Å²) in [6, 6.07) is 11.4. The number of nitro groups is 2. The molecule has 0 saturated heterocycles. The number of unbranched alkanes of at least 4 members (excludes halogenated alkanes) is 4. The summed E-state index contributed by atoms with van der Waals surface area (Å²) in [6.45, 7) is 6.48. The summed E-state index contributed by atoms with van der Waals surface area (Å²) in [4.78, 5) is 23.1. The van der Waals surface area contributed by atoms with E-state index in [1.807, 2.05) is 12.1 Å². The number of hydrazone groups is 1. The Morgan fingerprint density at radius 3 is 2.06 bits per heavy atom. The van der Waals surface area contributed by atoms with E-state index in [0.29, 0.717) is 0 Å². The first-order chi connectivity index (χ1) is 15.5. The molecule has 0 atom stereocenters. The summed E-state index contributed by atoms with van der Waals surface area (Å²) in [6.07, 6.45) is 8.72. The number of hydrogen-bond acceptors (Lipinski definition) is 7. The zero-order valence-electron chi connectivity index (χ0n) is 18.7. The molecule has 0 radical (unpaired) electrons. The molecule has 0 aliphatic rings. The van der Waals surface area contributed by atoms with Gasteiger partial charge in [0.05, 0.1) is 22.1 Å². The first-order valence-corrected chi connectivity index (χ1v) is 11.0. The van der Waals surface area contributed by atoms with E-state index in [1.165, 1.54) is 56.3 Å². The second-order valence-corrected chi connectivity index (χ2v) is 7.58. The number of anilines is 2. The Kier molecular flexibility index (Phi) is 10.1. The van der Waals surface area contributed by atoms with Crippen molar-refractivity contribution in [3.05, 3.63) is 68.3 Å². The van der Waals surface area contributed by atoms with E-state index < -0.39 is 15.5 Å². The predicted octanol–water partition coefficient (Wildman–Crippen LogP) is 6.14. The van der Waals surface area contributed by atoms with E-state index in [1.54, 1.807) is 6.21 Å². The van der Waals surface area contributed by atoms with Crippen molar-refractivity contribution in [2.75, 3.05) is 23.4 Å². The molecular formula is C23H31N5O4. The largest absolute Gasteiger partial charge is 0.372 e. The lowest BCUT2D eigenvalue weighted by molar-refractivity contribution is -0.393. The first kappa shape index (κ1) is 24.8. The van der Waals surface area contributed by atoms with Gasteiger partial charge >= 0.3 is 5.69 Å². The molecule has 9 nitrogen and oxygen atoms in total. The third-order valence-corrected chi connectivity index (χ3v) is 5.11. The van der Waals surface area contributed by atoms with Gasteiger partial charge in [-0.1, -0.05) is 51.7 Å². The van der Waals surface area contributed by atoms with Gasteiger partial charge in [-0.15, -0.1) is 0 Å². The quantitative estimate of drug-likeness (QED) is 0.163. The van der Waals surface area contributed by atoms with Crippen molar-refractivity contribution in [1.29, 1.82) is 0 Å². The van der Waals surface area contributed by atoms with Gasteiger partial charge < -0.3 is 4.90 Å². The third-order valence-electron chi connectivity index (χ3n) is 5.11. The van der Waals surface area contributed by atoms with Crippen LogP contribution in [0.3, 0.4) is 0 Å². The molecule has 0 heterocycles. The molecule has 0 fully saturated rings. The zero-order valence-corrected chi connectivity index (χ0v) is 18.7. The lowest BCUT2D eigenvalue weighted by Crippen LogP contribution is -2.25. The summed E-state index contributed by atoms with van der Waals surface area (Å²) in [5.74, 6) is 0. The smallest absolute Gasteiger partial charge is 0.301 e. The zero-order chi connectivity index (χ0) is 23.3. The minimum Gasteiger partial charge on any atom is -0.372 e. The summed E-state index contributed by atoms with van der Waals surface area (Å²) in [5.41, 5.74) is 3.97. The second-order valence-electron chi connectivity index (χ2n) is 7.58. The average molecular weight is 442 g/mol. The van der Waals surface area contributed by atoms with Gasteiger partial charge in [0.25, 0.3) is 5.69 Å². The molecule has 0 unspecified atom stereocenters. The van der Waals surface area contributed by atoms with Crippen molar-refractivity contribution < 1.29 is 9.85 Å². The topological polar surface area (TPSA) is 114 Å². The van der Waals surface area contributed by atoms with Crippen molar-refractivity contribution in [3.63, 3.8) is 0 Å². The minimum atomic E-state index is -0.675. The van der Waals surface area contributed by atoms with Crippen LogP contribution in [0.1, 0.15) is 57.9 Å². The first-order valence-electron chi connectivity index (χ1n) is 11.0. The second kappa shape index (κ2) is 13.0. The molecule has 0 aromatic heterocycles. The van der Waals surface area contributed by atoms with Crippen LogP contribution in [0.15, 0.2) is 47.6 Å². The van der Waals surface area contributed by atoms with E-state index in [4.69, 9.17) is 0 Å². The van der Waals surface area contributed by atoms with Crippen molar-refractivity contribution in [3.8, 4) is 0 Å². The van der Waals surface area contributed by atoms with Crippen molar-refractivity contribution in [2.24, 2.45) is 5.10 Å². The van der Waals surface area contributed by atoms with Gasteiger partial charge in [0.15, 0.2) is 0 Å². The average Bonchev–Trinajstić information content (AvgIpc) is 2.78. The van der Waals surface area contributed by atoms with E-state index in [0.717, 1.165) is 24.7 Å². The Bertz CT molecular complexity index is 905. The monoisotopic (exact) mass is 441 g/mol. The van der Waals surface area contributed by atoms with E-state index in [2.05, 4.69) is 41.4 Å². The molecule has 0 amide bonds. The molecule has 2 rings (SSSR count). The van der Waals surface area contributed by atoms with Crippen LogP contribution >= 0.6 is 0 Å². The highest BCUT2D eigenvalue weighted by atomic mass is 16.6. The van der Waals surface area contributed by atoms with E-state index >= 15 is 0 Å². The maximum atomic E-state index is 11.2. The molecule has 0 saturated carbocycles. The fourth-order valence-electron chi connectivity index (χ4n) is 3.30. The normalized spacial score (nSPS) is 10.9. The van der Waals surface area contributed by atoms with Gasteiger partial charge in [0.1, 0.15) is 5.69 Å². The molecule has 0 spiro atoms. The standard InChI is InChI=1S/C23H31N5O4/c1-3-5-7-15-26(16-8-6-4-2)20-11-9-19(10-12-20)18-24-25-22-14-13-21(27(29)30)17-23(22)28(31)32/h9-14,17-18,25H,3-8,15-16H2,1-2H3/b24-18+. The number of rotatable bonds is 14. The summed E-state index contributed by atoms with van der Waals surface area (Å²) >= 11 is 0. The van der Waals surface area contributed by atoms with Crippen LogP contribution in [-0.4, -0.2) is 29.2 Å². The molecule has 0 aliphatic carbocycles. The summed E-state index contributed by atoms with van der Waals surface area (Å²) in [5, 5.41) is 26.1. The molecule has 1 N–H and O–H groups in total. The minimum absolute atomic E-state index is 0.0893. The van der Waals surface area contributed by atoms with Gasteiger partial charge in [0, 0.05) is 24.8 Å². The molecule has 172 valence electrons. The summed E-state index contributed by atoms with van der Waals surface area (Å²) < 4.78 is 0. The van der Waals surface area contributed by atoms with Crippen molar-refractivity contribution in [1.82, 2.24) is 0 Å². The summed E-state index contributed by atoms with van der Waals surface area (Å²) in [7, 11) is 0. The predicted molar refractivity (Wildman–Crippen MR) is 129 cm³/mol. The van der Waals surface area contributed by atoms with E-state index in [-0.39, 0.29) is 11.4 Å². The molecule has 32 heavy (non-hydrogen) atoms. The van der Waals surface area contributed by atoms with Crippen LogP contribution in [0.25, 0.3) is 0 Å². The van der Waals surface area contributed by atoms with E-state index in [9.17, 15) is 20.2 Å². The molecular weight excluding hydrogens is 410 g/mol. The number of nitrogens with one attached hydrogen (secondary N) is 1. The fourth-order valence-corrected chi connectivity index (χ4v) is 3.30. The highest BCUT2D eigenvalue weighted by Gasteiger charge is 2.19. The molecule has 0 bridgehead atoms. The highest BCUT2D eigenvalue weighted by molar-refractivity contribution is 5.81. The Labute approximate surface area is 188 Å². The fraction of sp³-hybridized carbons (Fsp3) is 0.435. The van der Waals surface area contributed by atoms with Crippen LogP contribution in [0, 0.1) is 20.2 Å². The molecule has 2 aromatic rings. The number of nitro benzene ring substituents is 2.